The average Bonchev–Trinajstić information content (AvgIpc) is 3.07. The molecule has 4 rings (SSSR count). The van der Waals surface area contributed by atoms with E-state index in [-0.39, 0.29) is 0 Å². The Labute approximate surface area is 125 Å². The SMILES string of the molecule is C(=Cc1cc2ccccc2s1)c1cc2ccccc2s1. The Morgan fingerprint density at radius 3 is 1.50 bits per heavy atom. The first-order valence-electron chi connectivity index (χ1n) is 6.54. The summed E-state index contributed by atoms with van der Waals surface area (Å²) in [6.07, 6.45) is 4.44. The van der Waals surface area contributed by atoms with Crippen molar-refractivity contribution in [2.75, 3.05) is 0 Å². The van der Waals surface area contributed by atoms with Crippen molar-refractivity contribution < 1.29 is 0 Å². The summed E-state index contributed by atoms with van der Waals surface area (Å²) in [4.78, 5) is 2.62. The van der Waals surface area contributed by atoms with Gasteiger partial charge in [0, 0.05) is 19.2 Å². The van der Waals surface area contributed by atoms with Gasteiger partial charge in [0.05, 0.1) is 0 Å². The molecule has 0 spiro atoms. The highest BCUT2D eigenvalue weighted by atomic mass is 32.1. The van der Waals surface area contributed by atoms with Crippen molar-refractivity contribution in [3.8, 4) is 0 Å². The fourth-order valence-electron chi connectivity index (χ4n) is 2.33. The maximum Gasteiger partial charge on any atom is 0.0349 e. The minimum absolute atomic E-state index is 1.31. The molecule has 0 amide bonds. The van der Waals surface area contributed by atoms with Gasteiger partial charge < -0.3 is 0 Å². The van der Waals surface area contributed by atoms with Crippen LogP contribution < -0.4 is 0 Å². The van der Waals surface area contributed by atoms with E-state index in [1.807, 2.05) is 22.7 Å². The summed E-state index contributed by atoms with van der Waals surface area (Å²) < 4.78 is 2.70. The van der Waals surface area contributed by atoms with Crippen LogP contribution in [0.4, 0.5) is 0 Å². The van der Waals surface area contributed by atoms with Crippen LogP contribution in [0.15, 0.2) is 60.7 Å². The van der Waals surface area contributed by atoms with E-state index >= 15 is 0 Å². The van der Waals surface area contributed by atoms with Crippen molar-refractivity contribution >= 4 is 55.0 Å². The number of rotatable bonds is 2. The Kier molecular flexibility index (Phi) is 2.91. The predicted molar refractivity (Wildman–Crippen MR) is 92.6 cm³/mol. The number of thiophene rings is 2. The number of hydrogen-bond acceptors (Lipinski definition) is 2. The molecule has 0 aliphatic heterocycles. The summed E-state index contributed by atoms with van der Waals surface area (Å²) in [5.74, 6) is 0. The van der Waals surface area contributed by atoms with E-state index < -0.39 is 0 Å². The smallest absolute Gasteiger partial charge is 0.0349 e. The first kappa shape index (κ1) is 11.9. The lowest BCUT2D eigenvalue weighted by atomic mass is 10.2. The van der Waals surface area contributed by atoms with E-state index in [1.165, 1.54) is 29.9 Å². The van der Waals surface area contributed by atoms with Gasteiger partial charge in [-0.2, -0.15) is 0 Å². The average molecular weight is 292 g/mol. The molecule has 0 atom stereocenters. The molecule has 4 aromatic rings. The Bertz CT molecular complexity index is 767. The normalized spacial score (nSPS) is 11.8. The second-order valence-electron chi connectivity index (χ2n) is 4.71. The topological polar surface area (TPSA) is 0 Å². The third kappa shape index (κ3) is 2.17. The highest BCUT2D eigenvalue weighted by Gasteiger charge is 2.00. The van der Waals surface area contributed by atoms with E-state index in [4.69, 9.17) is 0 Å². The zero-order chi connectivity index (χ0) is 13.4. The minimum Gasteiger partial charge on any atom is -0.136 e. The van der Waals surface area contributed by atoms with Crippen molar-refractivity contribution in [2.45, 2.75) is 0 Å². The molecule has 0 nitrogen and oxygen atoms in total. The van der Waals surface area contributed by atoms with Gasteiger partial charge in [0.2, 0.25) is 0 Å². The van der Waals surface area contributed by atoms with Crippen molar-refractivity contribution in [1.29, 1.82) is 0 Å². The van der Waals surface area contributed by atoms with Gasteiger partial charge in [0.1, 0.15) is 0 Å². The third-order valence-corrected chi connectivity index (χ3v) is 5.46. The molecule has 0 N–H and O–H groups in total. The lowest BCUT2D eigenvalue weighted by Gasteiger charge is -1.83. The molecule has 2 heterocycles. The van der Waals surface area contributed by atoms with Gasteiger partial charge in [0.25, 0.3) is 0 Å². The van der Waals surface area contributed by atoms with E-state index in [0.29, 0.717) is 0 Å². The highest BCUT2D eigenvalue weighted by molar-refractivity contribution is 7.20. The Morgan fingerprint density at radius 2 is 1.05 bits per heavy atom. The van der Waals surface area contributed by atoms with E-state index in [9.17, 15) is 0 Å². The zero-order valence-corrected chi connectivity index (χ0v) is 12.4. The van der Waals surface area contributed by atoms with Gasteiger partial charge in [0.15, 0.2) is 0 Å². The van der Waals surface area contributed by atoms with Crippen LogP contribution >= 0.6 is 22.7 Å². The predicted octanol–water partition coefficient (Wildman–Crippen LogP) is 6.29. The Morgan fingerprint density at radius 1 is 0.600 bits per heavy atom. The summed E-state index contributed by atoms with van der Waals surface area (Å²) in [6.45, 7) is 0. The molecule has 0 radical (unpaired) electrons. The summed E-state index contributed by atoms with van der Waals surface area (Å²) in [6, 6.07) is 21.6. The molecule has 0 aliphatic carbocycles. The number of hydrogen-bond donors (Lipinski definition) is 0. The maximum atomic E-state index is 2.25. The largest absolute Gasteiger partial charge is 0.136 e. The van der Waals surface area contributed by atoms with Gasteiger partial charge in [-0.1, -0.05) is 36.4 Å². The second kappa shape index (κ2) is 4.89. The lowest BCUT2D eigenvalue weighted by molar-refractivity contribution is 1.85. The second-order valence-corrected chi connectivity index (χ2v) is 6.94. The highest BCUT2D eigenvalue weighted by Crippen LogP contribution is 2.29. The van der Waals surface area contributed by atoms with Crippen molar-refractivity contribution in [1.82, 2.24) is 0 Å². The zero-order valence-electron chi connectivity index (χ0n) is 10.7. The van der Waals surface area contributed by atoms with Gasteiger partial charge in [-0.3, -0.25) is 0 Å². The molecule has 0 fully saturated rings. The van der Waals surface area contributed by atoms with Crippen LogP contribution in [0.3, 0.4) is 0 Å². The van der Waals surface area contributed by atoms with Crippen molar-refractivity contribution in [2.24, 2.45) is 0 Å². The maximum absolute atomic E-state index is 2.25. The molecule has 0 saturated carbocycles. The van der Waals surface area contributed by atoms with Crippen LogP contribution in [0.25, 0.3) is 32.3 Å². The van der Waals surface area contributed by atoms with Crippen molar-refractivity contribution in [3.05, 3.63) is 70.4 Å². The first-order valence-corrected chi connectivity index (χ1v) is 8.17. The van der Waals surface area contributed by atoms with Gasteiger partial charge in [-0.05, 0) is 47.2 Å². The van der Waals surface area contributed by atoms with Crippen LogP contribution in [-0.4, -0.2) is 0 Å². The molecule has 0 saturated heterocycles. The summed E-state index contributed by atoms with van der Waals surface area (Å²) in [5, 5.41) is 2.65. The minimum atomic E-state index is 1.31. The number of fused-ring (bicyclic) bond motifs is 2. The van der Waals surface area contributed by atoms with Crippen molar-refractivity contribution in [3.63, 3.8) is 0 Å². The van der Waals surface area contributed by atoms with Crippen LogP contribution in [-0.2, 0) is 0 Å². The van der Waals surface area contributed by atoms with Crippen LogP contribution in [0.2, 0.25) is 0 Å². The van der Waals surface area contributed by atoms with Gasteiger partial charge in [-0.25, -0.2) is 0 Å². The first-order chi connectivity index (χ1) is 9.88. The van der Waals surface area contributed by atoms with E-state index in [1.54, 1.807) is 0 Å². The lowest BCUT2D eigenvalue weighted by Crippen LogP contribution is -1.59. The molecule has 0 unspecified atom stereocenters. The van der Waals surface area contributed by atoms with Crippen LogP contribution in [0.5, 0.6) is 0 Å². The quantitative estimate of drug-likeness (QED) is 0.407. The summed E-state index contributed by atoms with van der Waals surface area (Å²) in [5.41, 5.74) is 0. The summed E-state index contributed by atoms with van der Waals surface area (Å²) in [7, 11) is 0. The summed E-state index contributed by atoms with van der Waals surface area (Å²) >= 11 is 3.68. The molecule has 96 valence electrons. The number of benzene rings is 2. The van der Waals surface area contributed by atoms with Gasteiger partial charge in [-0.15, -0.1) is 22.7 Å². The fraction of sp³-hybridized carbons (Fsp3) is 0. The molecule has 0 bridgehead atoms. The molecule has 2 aromatic carbocycles. The molecular formula is C18H12S2. The Balaban J connectivity index is 1.70. The Hall–Kier alpha value is -1.90. The molecule has 20 heavy (non-hydrogen) atoms. The van der Waals surface area contributed by atoms with E-state index in [0.717, 1.165) is 0 Å². The van der Waals surface area contributed by atoms with Crippen LogP contribution in [0, 0.1) is 0 Å². The third-order valence-electron chi connectivity index (χ3n) is 3.30. The van der Waals surface area contributed by atoms with Crippen LogP contribution in [0.1, 0.15) is 9.75 Å². The fourth-order valence-corrected chi connectivity index (χ4v) is 4.27. The van der Waals surface area contributed by atoms with E-state index in [2.05, 4.69) is 72.8 Å². The molecular weight excluding hydrogens is 280 g/mol. The van der Waals surface area contributed by atoms with Gasteiger partial charge >= 0.3 is 0 Å². The standard InChI is InChI=1S/C18H12S2/c1-3-7-17-13(5-1)11-15(19-17)9-10-16-12-14-6-2-4-8-18(14)20-16/h1-12H. The molecule has 2 heteroatoms. The monoisotopic (exact) mass is 292 g/mol. The molecule has 2 aromatic heterocycles. The molecule has 0 aliphatic rings.